The Morgan fingerprint density at radius 3 is 2.90 bits per heavy atom. The third-order valence-corrected chi connectivity index (χ3v) is 6.02. The lowest BCUT2D eigenvalue weighted by Gasteiger charge is -2.53. The van der Waals surface area contributed by atoms with Gasteiger partial charge in [0.05, 0.1) is 36.2 Å². The van der Waals surface area contributed by atoms with Gasteiger partial charge >= 0.3 is 0 Å². The molecule has 1 fully saturated rings. The fraction of sp³-hybridized carbons (Fsp3) is 0.381. The molecule has 0 radical (unpaired) electrons. The molecule has 4 heterocycles. The number of hydrogen-bond donors (Lipinski definition) is 0. The minimum atomic E-state index is -0.682. The molecule has 1 aromatic carbocycles. The summed E-state index contributed by atoms with van der Waals surface area (Å²) in [5, 5.41) is 0. The van der Waals surface area contributed by atoms with Gasteiger partial charge < -0.3 is 14.5 Å². The fourth-order valence-corrected chi connectivity index (χ4v) is 4.40. The molecule has 9 heteroatoms. The summed E-state index contributed by atoms with van der Waals surface area (Å²) in [5.41, 5.74) is 0.986. The van der Waals surface area contributed by atoms with Gasteiger partial charge in [-0.3, -0.25) is 4.57 Å². The van der Waals surface area contributed by atoms with E-state index in [1.165, 1.54) is 12.1 Å². The number of halogens is 2. The van der Waals surface area contributed by atoms with Gasteiger partial charge in [-0.05, 0) is 18.6 Å². The molecular formula is C21H22F2N6O. The van der Waals surface area contributed by atoms with Gasteiger partial charge in [-0.15, -0.1) is 0 Å². The maximum Gasteiger partial charge on any atom is 0.237 e. The first-order valence-corrected chi connectivity index (χ1v) is 9.95. The Bertz CT molecular complexity index is 1100. The molecule has 30 heavy (non-hydrogen) atoms. The zero-order valence-electron chi connectivity index (χ0n) is 16.8. The molecule has 5 rings (SSSR count). The van der Waals surface area contributed by atoms with Crippen molar-refractivity contribution in [3.05, 3.63) is 48.4 Å². The van der Waals surface area contributed by atoms with Gasteiger partial charge in [0.1, 0.15) is 17.5 Å². The first kappa shape index (κ1) is 18.9. The number of benzene rings is 1. The summed E-state index contributed by atoms with van der Waals surface area (Å²) < 4.78 is 35.2. The number of imidazole rings is 1. The van der Waals surface area contributed by atoms with Gasteiger partial charge in [-0.2, -0.15) is 4.98 Å². The largest absolute Gasteiger partial charge is 0.377 e. The minimum absolute atomic E-state index is 0.146. The number of anilines is 2. The van der Waals surface area contributed by atoms with Crippen LogP contribution in [-0.2, 0) is 4.74 Å². The summed E-state index contributed by atoms with van der Waals surface area (Å²) in [6.07, 6.45) is 5.95. The van der Waals surface area contributed by atoms with Crippen LogP contribution in [0.2, 0.25) is 0 Å². The first-order valence-electron chi connectivity index (χ1n) is 9.95. The predicted octanol–water partition coefficient (Wildman–Crippen LogP) is 3.04. The molecule has 3 aromatic rings. The van der Waals surface area contributed by atoms with Crippen LogP contribution in [0.3, 0.4) is 0 Å². The van der Waals surface area contributed by atoms with Crippen molar-refractivity contribution in [1.29, 1.82) is 0 Å². The van der Waals surface area contributed by atoms with Crippen molar-refractivity contribution >= 4 is 11.5 Å². The molecule has 2 aliphatic heterocycles. The molecule has 0 amide bonds. The molecule has 1 saturated heterocycles. The highest BCUT2D eigenvalue weighted by atomic mass is 19.1. The normalized spacial score (nSPS) is 20.8. The van der Waals surface area contributed by atoms with Crippen LogP contribution in [0.25, 0.3) is 17.3 Å². The number of ether oxygens (including phenoxy) is 1. The molecule has 0 bridgehead atoms. The quantitative estimate of drug-likeness (QED) is 0.659. The van der Waals surface area contributed by atoms with Crippen molar-refractivity contribution < 1.29 is 13.5 Å². The molecule has 0 N–H and O–H groups in total. The molecule has 0 unspecified atom stereocenters. The van der Waals surface area contributed by atoms with E-state index in [9.17, 15) is 8.78 Å². The second kappa shape index (κ2) is 7.02. The zero-order valence-corrected chi connectivity index (χ0v) is 16.8. The summed E-state index contributed by atoms with van der Waals surface area (Å²) in [5.74, 6) is 0.221. The van der Waals surface area contributed by atoms with Gasteiger partial charge in [0.15, 0.2) is 5.82 Å². The van der Waals surface area contributed by atoms with Gasteiger partial charge in [0.25, 0.3) is 0 Å². The summed E-state index contributed by atoms with van der Waals surface area (Å²) >= 11 is 0. The fourth-order valence-electron chi connectivity index (χ4n) is 4.40. The minimum Gasteiger partial charge on any atom is -0.377 e. The second-order valence-electron chi connectivity index (χ2n) is 7.76. The van der Waals surface area contributed by atoms with E-state index in [1.807, 2.05) is 7.05 Å². The molecule has 0 aliphatic carbocycles. The smallest absolute Gasteiger partial charge is 0.237 e. The lowest BCUT2D eigenvalue weighted by molar-refractivity contribution is 0.0482. The number of aromatic nitrogens is 4. The highest BCUT2D eigenvalue weighted by Crippen LogP contribution is 2.40. The average Bonchev–Trinajstić information content (AvgIpc) is 3.23. The third kappa shape index (κ3) is 2.84. The number of nitrogens with zero attached hydrogens (tertiary/aromatic N) is 6. The maximum absolute atomic E-state index is 14.4. The van der Waals surface area contributed by atoms with Crippen LogP contribution in [-0.4, -0.2) is 58.4 Å². The van der Waals surface area contributed by atoms with Crippen LogP contribution in [0, 0.1) is 11.6 Å². The average molecular weight is 412 g/mol. The number of hydrogen-bond acceptors (Lipinski definition) is 6. The van der Waals surface area contributed by atoms with Gasteiger partial charge in [-0.1, -0.05) is 6.92 Å². The van der Waals surface area contributed by atoms with Crippen molar-refractivity contribution in [2.75, 3.05) is 43.2 Å². The zero-order chi connectivity index (χ0) is 20.9. The van der Waals surface area contributed by atoms with Crippen molar-refractivity contribution in [2.24, 2.45) is 0 Å². The van der Waals surface area contributed by atoms with Gasteiger partial charge in [-0.25, -0.2) is 18.7 Å². The highest BCUT2D eigenvalue weighted by molar-refractivity contribution is 5.71. The molecule has 0 spiro atoms. The maximum atomic E-state index is 14.4. The van der Waals surface area contributed by atoms with E-state index < -0.39 is 11.6 Å². The van der Waals surface area contributed by atoms with Crippen LogP contribution < -0.4 is 9.80 Å². The van der Waals surface area contributed by atoms with Crippen molar-refractivity contribution in [3.63, 3.8) is 0 Å². The van der Waals surface area contributed by atoms with Crippen LogP contribution in [0.1, 0.15) is 13.3 Å². The van der Waals surface area contributed by atoms with E-state index in [0.29, 0.717) is 25.0 Å². The summed E-state index contributed by atoms with van der Waals surface area (Å²) in [6, 6.07) is 3.43. The summed E-state index contributed by atoms with van der Waals surface area (Å²) in [4.78, 5) is 18.1. The molecule has 156 valence electrons. The number of morpholine rings is 1. The Labute approximate surface area is 172 Å². The van der Waals surface area contributed by atoms with Crippen molar-refractivity contribution in [2.45, 2.75) is 18.9 Å². The van der Waals surface area contributed by atoms with Crippen LogP contribution in [0.5, 0.6) is 0 Å². The highest BCUT2D eigenvalue weighted by Gasteiger charge is 2.45. The van der Waals surface area contributed by atoms with Gasteiger partial charge in [0.2, 0.25) is 5.95 Å². The Kier molecular flexibility index (Phi) is 4.43. The monoisotopic (exact) mass is 412 g/mol. The second-order valence-corrected chi connectivity index (χ2v) is 7.76. The summed E-state index contributed by atoms with van der Waals surface area (Å²) in [7, 11) is 2.03. The lowest BCUT2D eigenvalue weighted by atomic mass is 9.90. The van der Waals surface area contributed by atoms with Crippen LogP contribution in [0.4, 0.5) is 20.3 Å². The molecule has 2 aliphatic rings. The van der Waals surface area contributed by atoms with E-state index in [4.69, 9.17) is 9.72 Å². The Balaban J connectivity index is 1.62. The predicted molar refractivity (Wildman–Crippen MR) is 109 cm³/mol. The number of rotatable bonds is 3. The SMILES string of the molecule is CC[C@]12COCCN1c1nc(-n3ccnc3-c3ccc(F)cc3F)ncc1N(C)C2. The van der Waals surface area contributed by atoms with E-state index in [0.717, 1.165) is 37.1 Å². The van der Waals surface area contributed by atoms with Crippen LogP contribution >= 0.6 is 0 Å². The van der Waals surface area contributed by atoms with Gasteiger partial charge in [0, 0.05) is 38.6 Å². The Morgan fingerprint density at radius 1 is 1.23 bits per heavy atom. The van der Waals surface area contributed by atoms with E-state index in [-0.39, 0.29) is 11.1 Å². The summed E-state index contributed by atoms with van der Waals surface area (Å²) in [6.45, 7) is 5.02. The van der Waals surface area contributed by atoms with E-state index in [2.05, 4.69) is 26.7 Å². The lowest BCUT2D eigenvalue weighted by Crippen LogP contribution is -2.64. The van der Waals surface area contributed by atoms with Crippen LogP contribution in [0.15, 0.2) is 36.8 Å². The van der Waals surface area contributed by atoms with Crippen molar-refractivity contribution in [1.82, 2.24) is 19.5 Å². The third-order valence-electron chi connectivity index (χ3n) is 6.02. The molecule has 2 aromatic heterocycles. The van der Waals surface area contributed by atoms with E-state index >= 15 is 0 Å². The Morgan fingerprint density at radius 2 is 2.10 bits per heavy atom. The first-order chi connectivity index (χ1) is 14.5. The molecule has 7 nitrogen and oxygen atoms in total. The number of likely N-dealkylation sites (N-methyl/N-ethyl adjacent to an activating group) is 1. The standard InChI is InChI=1S/C21H22F2N6O/c1-3-21-12-27(2)17-11-25-20(26-19(17)29(21)8-9-30-13-21)28-7-6-24-18(28)15-5-4-14(22)10-16(15)23/h4-7,10-11H,3,8-9,12-13H2,1-2H3/t21-/m0/s1. The Hall–Kier alpha value is -3.07. The molecule has 0 saturated carbocycles. The van der Waals surface area contributed by atoms with Crippen molar-refractivity contribution in [3.8, 4) is 17.3 Å². The number of fused-ring (bicyclic) bond motifs is 3. The molecular weight excluding hydrogens is 390 g/mol. The molecule has 1 atom stereocenters. The topological polar surface area (TPSA) is 59.3 Å². The van der Waals surface area contributed by atoms with E-state index in [1.54, 1.807) is 23.2 Å².